The number of anilines is 1. The highest BCUT2D eigenvalue weighted by Gasteiger charge is 2.16. The van der Waals surface area contributed by atoms with Crippen molar-refractivity contribution < 1.29 is 4.74 Å². The summed E-state index contributed by atoms with van der Waals surface area (Å²) in [6.45, 7) is 1.01. The number of H-pyrrole nitrogens is 1. The number of hydrogen-bond donors (Lipinski definition) is 2. The normalized spacial score (nSPS) is 14.5. The average molecular weight is 243 g/mol. The molecule has 0 bridgehead atoms. The number of nitrogens with one attached hydrogen (secondary N) is 2. The third-order valence-corrected chi connectivity index (χ3v) is 3.39. The van der Waals surface area contributed by atoms with Crippen LogP contribution < -0.4 is 10.1 Å². The lowest BCUT2D eigenvalue weighted by Crippen LogP contribution is -1.99. The summed E-state index contributed by atoms with van der Waals surface area (Å²) in [6.07, 6.45) is 3.50. The molecule has 1 aliphatic heterocycles. The van der Waals surface area contributed by atoms with E-state index in [9.17, 15) is 0 Å². The first kappa shape index (κ1) is 11.1. The summed E-state index contributed by atoms with van der Waals surface area (Å²) in [7, 11) is 1.68. The molecule has 18 heavy (non-hydrogen) atoms. The van der Waals surface area contributed by atoms with E-state index in [1.54, 1.807) is 7.11 Å². The van der Waals surface area contributed by atoms with E-state index in [-0.39, 0.29) is 0 Å². The smallest absolute Gasteiger partial charge is 0.151 e. The highest BCUT2D eigenvalue weighted by Crippen LogP contribution is 2.30. The SMILES string of the molecule is COc1ccc(-c2[nH]nc3c2CCCCN3)cc1. The van der Waals surface area contributed by atoms with Gasteiger partial charge in [0.25, 0.3) is 0 Å². The number of rotatable bonds is 2. The monoisotopic (exact) mass is 243 g/mol. The summed E-state index contributed by atoms with van der Waals surface area (Å²) < 4.78 is 5.18. The zero-order valence-corrected chi connectivity index (χ0v) is 10.5. The predicted octanol–water partition coefficient (Wildman–Crippen LogP) is 2.83. The number of nitrogens with zero attached hydrogens (tertiary/aromatic N) is 1. The van der Waals surface area contributed by atoms with E-state index in [0.717, 1.165) is 35.8 Å². The molecular formula is C14H17N3O. The molecule has 0 saturated heterocycles. The molecule has 2 N–H and O–H groups in total. The molecule has 3 rings (SSSR count). The van der Waals surface area contributed by atoms with Gasteiger partial charge in [0.1, 0.15) is 5.75 Å². The van der Waals surface area contributed by atoms with Crippen LogP contribution in [0, 0.1) is 0 Å². The number of hydrogen-bond acceptors (Lipinski definition) is 3. The molecule has 2 aromatic rings. The third kappa shape index (κ3) is 1.94. The minimum Gasteiger partial charge on any atom is -0.497 e. The third-order valence-electron chi connectivity index (χ3n) is 3.39. The molecule has 1 aromatic carbocycles. The first-order valence-corrected chi connectivity index (χ1v) is 6.34. The van der Waals surface area contributed by atoms with Gasteiger partial charge in [-0.05, 0) is 43.5 Å². The molecule has 94 valence electrons. The second-order valence-corrected chi connectivity index (χ2v) is 4.54. The van der Waals surface area contributed by atoms with Crippen LogP contribution in [0.4, 0.5) is 5.82 Å². The zero-order chi connectivity index (χ0) is 12.4. The van der Waals surface area contributed by atoms with E-state index < -0.39 is 0 Å². The number of aromatic amines is 1. The van der Waals surface area contributed by atoms with E-state index in [0.29, 0.717) is 0 Å². The molecule has 1 aromatic heterocycles. The van der Waals surface area contributed by atoms with E-state index >= 15 is 0 Å². The molecule has 4 nitrogen and oxygen atoms in total. The Morgan fingerprint density at radius 3 is 2.78 bits per heavy atom. The zero-order valence-electron chi connectivity index (χ0n) is 10.5. The summed E-state index contributed by atoms with van der Waals surface area (Å²) >= 11 is 0. The molecule has 0 amide bonds. The quantitative estimate of drug-likeness (QED) is 0.852. The summed E-state index contributed by atoms with van der Waals surface area (Å²) in [5.74, 6) is 1.89. The van der Waals surface area contributed by atoms with Crippen molar-refractivity contribution in [1.29, 1.82) is 0 Å². The number of ether oxygens (including phenoxy) is 1. The Hall–Kier alpha value is -1.97. The molecule has 0 aliphatic carbocycles. The Morgan fingerprint density at radius 1 is 1.17 bits per heavy atom. The van der Waals surface area contributed by atoms with Crippen molar-refractivity contribution in [2.45, 2.75) is 19.3 Å². The van der Waals surface area contributed by atoms with Crippen molar-refractivity contribution >= 4 is 5.82 Å². The van der Waals surface area contributed by atoms with Crippen LogP contribution in [0.15, 0.2) is 24.3 Å². The number of fused-ring (bicyclic) bond motifs is 1. The predicted molar refractivity (Wildman–Crippen MR) is 72.0 cm³/mol. The molecule has 2 heterocycles. The van der Waals surface area contributed by atoms with Gasteiger partial charge in [0.2, 0.25) is 0 Å². The van der Waals surface area contributed by atoms with Crippen LogP contribution in [0.1, 0.15) is 18.4 Å². The highest BCUT2D eigenvalue weighted by atomic mass is 16.5. The lowest BCUT2D eigenvalue weighted by atomic mass is 10.0. The van der Waals surface area contributed by atoms with Crippen LogP contribution >= 0.6 is 0 Å². The molecule has 0 unspecified atom stereocenters. The van der Waals surface area contributed by atoms with Crippen LogP contribution in [0.3, 0.4) is 0 Å². The second-order valence-electron chi connectivity index (χ2n) is 4.54. The minimum absolute atomic E-state index is 0.877. The Labute approximate surface area is 106 Å². The molecule has 1 aliphatic rings. The van der Waals surface area contributed by atoms with Gasteiger partial charge in [-0.2, -0.15) is 5.10 Å². The standard InChI is InChI=1S/C14H17N3O/c1-18-11-7-5-10(6-8-11)13-12-4-2-3-9-15-14(12)17-16-13/h5-8H,2-4,9H2,1H3,(H2,15,16,17). The Kier molecular flexibility index (Phi) is 2.92. The van der Waals surface area contributed by atoms with Crippen LogP contribution in [-0.4, -0.2) is 23.9 Å². The van der Waals surface area contributed by atoms with Gasteiger partial charge in [-0.1, -0.05) is 0 Å². The van der Waals surface area contributed by atoms with Gasteiger partial charge < -0.3 is 10.1 Å². The van der Waals surface area contributed by atoms with Crippen molar-refractivity contribution in [2.75, 3.05) is 19.0 Å². The maximum absolute atomic E-state index is 5.18. The molecular weight excluding hydrogens is 226 g/mol. The first-order chi connectivity index (χ1) is 8.88. The van der Waals surface area contributed by atoms with Gasteiger partial charge in [0, 0.05) is 17.7 Å². The van der Waals surface area contributed by atoms with Gasteiger partial charge in [0.15, 0.2) is 5.82 Å². The maximum Gasteiger partial charge on any atom is 0.151 e. The largest absolute Gasteiger partial charge is 0.497 e. The first-order valence-electron chi connectivity index (χ1n) is 6.34. The fourth-order valence-corrected chi connectivity index (χ4v) is 2.38. The van der Waals surface area contributed by atoms with Crippen LogP contribution in [0.5, 0.6) is 5.75 Å². The highest BCUT2D eigenvalue weighted by molar-refractivity contribution is 5.69. The topological polar surface area (TPSA) is 49.9 Å². The van der Waals surface area contributed by atoms with Crippen LogP contribution in [-0.2, 0) is 6.42 Å². The molecule has 0 atom stereocenters. The molecule has 4 heteroatoms. The van der Waals surface area contributed by atoms with Crippen LogP contribution in [0.2, 0.25) is 0 Å². The van der Waals surface area contributed by atoms with E-state index in [1.165, 1.54) is 18.4 Å². The summed E-state index contributed by atoms with van der Waals surface area (Å²) in [5, 5.41) is 10.9. The van der Waals surface area contributed by atoms with Crippen molar-refractivity contribution in [2.24, 2.45) is 0 Å². The number of aromatic nitrogens is 2. The van der Waals surface area contributed by atoms with Gasteiger partial charge in [0.05, 0.1) is 12.8 Å². The molecule has 0 spiro atoms. The van der Waals surface area contributed by atoms with E-state index in [2.05, 4.69) is 27.6 Å². The van der Waals surface area contributed by atoms with Crippen molar-refractivity contribution in [3.8, 4) is 17.0 Å². The maximum atomic E-state index is 5.18. The number of benzene rings is 1. The lowest BCUT2D eigenvalue weighted by molar-refractivity contribution is 0.415. The van der Waals surface area contributed by atoms with Gasteiger partial charge in [-0.15, -0.1) is 0 Å². The number of methoxy groups -OCH3 is 1. The van der Waals surface area contributed by atoms with E-state index in [1.807, 2.05) is 12.1 Å². The Balaban J connectivity index is 1.98. The van der Waals surface area contributed by atoms with Crippen LogP contribution in [0.25, 0.3) is 11.3 Å². The van der Waals surface area contributed by atoms with Gasteiger partial charge in [-0.3, -0.25) is 5.10 Å². The van der Waals surface area contributed by atoms with Gasteiger partial charge >= 0.3 is 0 Å². The van der Waals surface area contributed by atoms with Crippen molar-refractivity contribution in [3.63, 3.8) is 0 Å². The lowest BCUT2D eigenvalue weighted by Gasteiger charge is -2.04. The molecule has 0 saturated carbocycles. The van der Waals surface area contributed by atoms with Crippen molar-refractivity contribution in [1.82, 2.24) is 10.2 Å². The Bertz CT molecular complexity index is 530. The van der Waals surface area contributed by atoms with Gasteiger partial charge in [-0.25, -0.2) is 0 Å². The summed E-state index contributed by atoms with van der Waals surface area (Å²) in [6, 6.07) is 8.09. The summed E-state index contributed by atoms with van der Waals surface area (Å²) in [4.78, 5) is 0. The summed E-state index contributed by atoms with van der Waals surface area (Å²) in [5.41, 5.74) is 3.59. The fourth-order valence-electron chi connectivity index (χ4n) is 2.38. The van der Waals surface area contributed by atoms with Crippen molar-refractivity contribution in [3.05, 3.63) is 29.8 Å². The fraction of sp³-hybridized carbons (Fsp3) is 0.357. The average Bonchev–Trinajstić information content (AvgIpc) is 2.68. The Morgan fingerprint density at radius 2 is 2.00 bits per heavy atom. The minimum atomic E-state index is 0.877. The second kappa shape index (κ2) is 4.72. The van der Waals surface area contributed by atoms with E-state index in [4.69, 9.17) is 4.74 Å². The molecule has 0 fully saturated rings. The molecule has 0 radical (unpaired) electrons.